The van der Waals surface area contributed by atoms with Crippen molar-refractivity contribution in [3.05, 3.63) is 59.7 Å². The number of amides is 1. The first-order chi connectivity index (χ1) is 14.3. The SMILES string of the molecule is O=C(NCCC1CCCC1)c1ccc([C@@H]2CCCN(Cc3ccccn3)C2)nc1. The molecule has 1 aliphatic carbocycles. The van der Waals surface area contributed by atoms with Gasteiger partial charge in [-0.05, 0) is 56.0 Å². The molecule has 0 spiro atoms. The van der Waals surface area contributed by atoms with Crippen LogP contribution in [0.3, 0.4) is 0 Å². The van der Waals surface area contributed by atoms with Gasteiger partial charge in [0.25, 0.3) is 5.91 Å². The monoisotopic (exact) mass is 392 g/mol. The first kappa shape index (κ1) is 20.0. The number of hydrogen-bond acceptors (Lipinski definition) is 4. The van der Waals surface area contributed by atoms with E-state index in [0.29, 0.717) is 11.5 Å². The molecule has 4 rings (SSSR count). The van der Waals surface area contributed by atoms with E-state index in [1.165, 1.54) is 32.1 Å². The first-order valence-electron chi connectivity index (χ1n) is 11.1. The molecule has 3 heterocycles. The van der Waals surface area contributed by atoms with Gasteiger partial charge >= 0.3 is 0 Å². The Bertz CT molecular complexity index is 771. The summed E-state index contributed by atoms with van der Waals surface area (Å²) in [6, 6.07) is 10.1. The zero-order chi connectivity index (χ0) is 19.9. The van der Waals surface area contributed by atoms with Gasteiger partial charge in [0.05, 0.1) is 11.3 Å². The number of aromatic nitrogens is 2. The Labute approximate surface area is 173 Å². The zero-order valence-electron chi connectivity index (χ0n) is 17.2. The van der Waals surface area contributed by atoms with Gasteiger partial charge in [-0.2, -0.15) is 0 Å². The number of rotatable bonds is 7. The second kappa shape index (κ2) is 9.97. The molecule has 1 aliphatic heterocycles. The third-order valence-electron chi connectivity index (χ3n) is 6.40. The lowest BCUT2D eigenvalue weighted by Crippen LogP contribution is -2.34. The van der Waals surface area contributed by atoms with E-state index < -0.39 is 0 Å². The van der Waals surface area contributed by atoms with Crippen LogP contribution in [0.1, 0.15) is 72.6 Å². The van der Waals surface area contributed by atoms with Crippen molar-refractivity contribution in [3.8, 4) is 0 Å². The quantitative estimate of drug-likeness (QED) is 0.768. The predicted molar refractivity (Wildman–Crippen MR) is 115 cm³/mol. The minimum atomic E-state index is 0.00229. The fourth-order valence-corrected chi connectivity index (χ4v) is 4.73. The van der Waals surface area contributed by atoms with Crippen LogP contribution in [-0.2, 0) is 6.54 Å². The highest BCUT2D eigenvalue weighted by Crippen LogP contribution is 2.27. The van der Waals surface area contributed by atoms with E-state index in [9.17, 15) is 4.79 Å². The van der Waals surface area contributed by atoms with Crippen molar-refractivity contribution in [2.24, 2.45) is 5.92 Å². The average molecular weight is 393 g/mol. The zero-order valence-corrected chi connectivity index (χ0v) is 17.2. The largest absolute Gasteiger partial charge is 0.352 e. The molecule has 2 aliphatic rings. The lowest BCUT2D eigenvalue weighted by atomic mass is 9.94. The van der Waals surface area contributed by atoms with Gasteiger partial charge in [-0.25, -0.2) is 0 Å². The Hall–Kier alpha value is -2.27. The Balaban J connectivity index is 1.28. The van der Waals surface area contributed by atoms with Gasteiger partial charge in [0.2, 0.25) is 0 Å². The molecular weight excluding hydrogens is 360 g/mol. The Morgan fingerprint density at radius 3 is 2.72 bits per heavy atom. The summed E-state index contributed by atoms with van der Waals surface area (Å²) in [5.41, 5.74) is 2.88. The highest BCUT2D eigenvalue weighted by atomic mass is 16.1. The lowest BCUT2D eigenvalue weighted by Gasteiger charge is -2.32. The molecular formula is C24H32N4O. The normalized spacial score (nSPS) is 20.6. The van der Waals surface area contributed by atoms with Crippen LogP contribution in [0.5, 0.6) is 0 Å². The predicted octanol–water partition coefficient (Wildman–Crippen LogP) is 4.17. The molecule has 1 saturated heterocycles. The van der Waals surface area contributed by atoms with Gasteiger partial charge in [-0.3, -0.25) is 19.7 Å². The smallest absolute Gasteiger partial charge is 0.252 e. The van der Waals surface area contributed by atoms with E-state index in [1.54, 1.807) is 6.20 Å². The van der Waals surface area contributed by atoms with Crippen molar-refractivity contribution in [1.29, 1.82) is 0 Å². The fourth-order valence-electron chi connectivity index (χ4n) is 4.73. The van der Waals surface area contributed by atoms with Crippen molar-refractivity contribution in [2.45, 2.75) is 57.4 Å². The molecule has 5 nitrogen and oxygen atoms in total. The van der Waals surface area contributed by atoms with Crippen LogP contribution in [0.15, 0.2) is 42.7 Å². The summed E-state index contributed by atoms with van der Waals surface area (Å²) >= 11 is 0. The maximum Gasteiger partial charge on any atom is 0.252 e. The van der Waals surface area contributed by atoms with Crippen molar-refractivity contribution in [1.82, 2.24) is 20.2 Å². The summed E-state index contributed by atoms with van der Waals surface area (Å²) < 4.78 is 0. The molecule has 2 aromatic rings. The molecule has 5 heteroatoms. The van der Waals surface area contributed by atoms with Crippen LogP contribution in [0.4, 0.5) is 0 Å². The van der Waals surface area contributed by atoms with Crippen LogP contribution in [0.2, 0.25) is 0 Å². The summed E-state index contributed by atoms with van der Waals surface area (Å²) in [4.78, 5) is 24.0. The van der Waals surface area contributed by atoms with Gasteiger partial charge in [0, 0.05) is 43.6 Å². The minimum absolute atomic E-state index is 0.00229. The number of likely N-dealkylation sites (tertiary alicyclic amines) is 1. The number of hydrogen-bond donors (Lipinski definition) is 1. The highest BCUT2D eigenvalue weighted by Gasteiger charge is 2.23. The van der Waals surface area contributed by atoms with Gasteiger partial charge in [-0.15, -0.1) is 0 Å². The van der Waals surface area contributed by atoms with Crippen molar-refractivity contribution < 1.29 is 4.79 Å². The molecule has 0 radical (unpaired) electrons. The maximum atomic E-state index is 12.4. The molecule has 154 valence electrons. The molecule has 0 aromatic carbocycles. The van der Waals surface area contributed by atoms with E-state index in [1.807, 2.05) is 30.5 Å². The minimum Gasteiger partial charge on any atom is -0.352 e. The average Bonchev–Trinajstić information content (AvgIpc) is 3.28. The van der Waals surface area contributed by atoms with E-state index in [2.05, 4.69) is 26.3 Å². The van der Waals surface area contributed by atoms with Crippen molar-refractivity contribution in [3.63, 3.8) is 0 Å². The third-order valence-corrected chi connectivity index (χ3v) is 6.40. The molecule has 0 bridgehead atoms. The van der Waals surface area contributed by atoms with Crippen LogP contribution in [-0.4, -0.2) is 40.4 Å². The molecule has 2 aromatic heterocycles. The van der Waals surface area contributed by atoms with E-state index in [4.69, 9.17) is 0 Å². The second-order valence-electron chi connectivity index (χ2n) is 8.56. The Kier molecular flexibility index (Phi) is 6.88. The Morgan fingerprint density at radius 2 is 1.97 bits per heavy atom. The third kappa shape index (κ3) is 5.63. The van der Waals surface area contributed by atoms with E-state index in [-0.39, 0.29) is 5.91 Å². The number of nitrogens with one attached hydrogen (secondary N) is 1. The fraction of sp³-hybridized carbons (Fsp3) is 0.542. The van der Waals surface area contributed by atoms with Gasteiger partial charge in [-0.1, -0.05) is 31.7 Å². The molecule has 1 atom stereocenters. The Morgan fingerprint density at radius 1 is 1.07 bits per heavy atom. The summed E-state index contributed by atoms with van der Waals surface area (Å²) in [6.45, 7) is 3.76. The van der Waals surface area contributed by atoms with Gasteiger partial charge < -0.3 is 5.32 Å². The van der Waals surface area contributed by atoms with E-state index in [0.717, 1.165) is 56.3 Å². The van der Waals surface area contributed by atoms with Crippen molar-refractivity contribution in [2.75, 3.05) is 19.6 Å². The van der Waals surface area contributed by atoms with Crippen LogP contribution < -0.4 is 5.32 Å². The number of carbonyl (C=O) groups excluding carboxylic acids is 1. The number of pyridine rings is 2. The number of nitrogens with zero attached hydrogens (tertiary/aromatic N) is 3. The highest BCUT2D eigenvalue weighted by molar-refractivity contribution is 5.93. The van der Waals surface area contributed by atoms with Gasteiger partial charge in [0.15, 0.2) is 0 Å². The van der Waals surface area contributed by atoms with Gasteiger partial charge in [0.1, 0.15) is 0 Å². The number of piperidine rings is 1. The summed E-state index contributed by atoms with van der Waals surface area (Å²) in [5.74, 6) is 1.23. The molecule has 0 unspecified atom stereocenters. The van der Waals surface area contributed by atoms with E-state index >= 15 is 0 Å². The van der Waals surface area contributed by atoms with Crippen LogP contribution in [0, 0.1) is 5.92 Å². The molecule has 29 heavy (non-hydrogen) atoms. The lowest BCUT2D eigenvalue weighted by molar-refractivity contribution is 0.0951. The standard InChI is InChI=1S/C24H32N4O/c29-24(26-14-12-19-6-1-2-7-19)20-10-11-23(27-16-20)21-8-5-15-28(17-21)18-22-9-3-4-13-25-22/h3-4,9-11,13,16,19,21H,1-2,5-8,12,14-15,17-18H2,(H,26,29)/t21-/m1/s1. The van der Waals surface area contributed by atoms with Crippen LogP contribution >= 0.6 is 0 Å². The topological polar surface area (TPSA) is 58.1 Å². The van der Waals surface area contributed by atoms with Crippen molar-refractivity contribution >= 4 is 5.91 Å². The summed E-state index contributed by atoms with van der Waals surface area (Å²) in [7, 11) is 0. The summed E-state index contributed by atoms with van der Waals surface area (Å²) in [5, 5.41) is 3.07. The number of carbonyl (C=O) groups is 1. The molecule has 2 fully saturated rings. The molecule has 1 amide bonds. The second-order valence-corrected chi connectivity index (χ2v) is 8.56. The maximum absolute atomic E-state index is 12.4. The molecule has 1 saturated carbocycles. The molecule has 1 N–H and O–H groups in total. The van der Waals surface area contributed by atoms with Crippen LogP contribution in [0.25, 0.3) is 0 Å². The summed E-state index contributed by atoms with van der Waals surface area (Å²) in [6.07, 6.45) is 12.4. The first-order valence-corrected chi connectivity index (χ1v) is 11.1.